The standard InChI is InChI=1S/C14H22N2O2S/c1-4-16-7-5-6-11(9-16)15-14(17)13-12(18-3)8-10(2)19-13/h8,11H,4-7,9H2,1-3H3,(H,15,17). The van der Waals surface area contributed by atoms with Crippen LogP contribution in [0.15, 0.2) is 6.07 Å². The summed E-state index contributed by atoms with van der Waals surface area (Å²) < 4.78 is 5.26. The molecule has 1 aliphatic heterocycles. The predicted octanol–water partition coefficient (Wildman–Crippen LogP) is 2.28. The minimum atomic E-state index is -0.00194. The maximum absolute atomic E-state index is 12.3. The molecule has 1 unspecified atom stereocenters. The average Bonchev–Trinajstić information content (AvgIpc) is 2.80. The van der Waals surface area contributed by atoms with Crippen LogP contribution in [0.3, 0.4) is 0 Å². The fourth-order valence-corrected chi connectivity index (χ4v) is 3.39. The van der Waals surface area contributed by atoms with Crippen molar-refractivity contribution in [2.45, 2.75) is 32.7 Å². The minimum absolute atomic E-state index is 0.00194. The number of nitrogens with zero attached hydrogens (tertiary/aromatic N) is 1. The smallest absolute Gasteiger partial charge is 0.265 e. The Kier molecular flexibility index (Phi) is 4.82. The molecule has 5 heteroatoms. The van der Waals surface area contributed by atoms with E-state index in [0.29, 0.717) is 10.6 Å². The predicted molar refractivity (Wildman–Crippen MR) is 78.2 cm³/mol. The van der Waals surface area contributed by atoms with Crippen LogP contribution in [0.2, 0.25) is 0 Å². The molecular formula is C14H22N2O2S. The van der Waals surface area contributed by atoms with Gasteiger partial charge in [-0.15, -0.1) is 11.3 Å². The Balaban J connectivity index is 2.00. The lowest BCUT2D eigenvalue weighted by atomic mass is 10.1. The van der Waals surface area contributed by atoms with Crippen molar-refractivity contribution in [1.29, 1.82) is 0 Å². The van der Waals surface area contributed by atoms with Crippen molar-refractivity contribution in [3.05, 3.63) is 15.8 Å². The molecule has 1 N–H and O–H groups in total. The van der Waals surface area contributed by atoms with E-state index < -0.39 is 0 Å². The molecule has 0 aliphatic carbocycles. The molecular weight excluding hydrogens is 260 g/mol. The molecule has 0 bridgehead atoms. The zero-order chi connectivity index (χ0) is 13.8. The Morgan fingerprint density at radius 2 is 2.42 bits per heavy atom. The molecule has 1 aromatic heterocycles. The lowest BCUT2D eigenvalue weighted by molar-refractivity contribution is 0.0907. The molecule has 0 radical (unpaired) electrons. The molecule has 1 fully saturated rings. The van der Waals surface area contributed by atoms with Crippen LogP contribution < -0.4 is 10.1 Å². The molecule has 1 aromatic rings. The number of hydrogen-bond donors (Lipinski definition) is 1. The lowest BCUT2D eigenvalue weighted by Crippen LogP contribution is -2.47. The van der Waals surface area contributed by atoms with Gasteiger partial charge in [0.2, 0.25) is 0 Å². The number of carbonyl (C=O) groups excluding carboxylic acids is 1. The average molecular weight is 282 g/mol. The quantitative estimate of drug-likeness (QED) is 0.921. The summed E-state index contributed by atoms with van der Waals surface area (Å²) in [6.07, 6.45) is 2.22. The zero-order valence-electron chi connectivity index (χ0n) is 11.9. The third-order valence-corrected chi connectivity index (χ3v) is 4.57. The lowest BCUT2D eigenvalue weighted by Gasteiger charge is -2.32. The van der Waals surface area contributed by atoms with Crippen LogP contribution in [0.4, 0.5) is 0 Å². The summed E-state index contributed by atoms with van der Waals surface area (Å²) in [5.41, 5.74) is 0. The molecule has 19 heavy (non-hydrogen) atoms. The second kappa shape index (κ2) is 6.39. The summed E-state index contributed by atoms with van der Waals surface area (Å²) in [5, 5.41) is 3.14. The van der Waals surface area contributed by atoms with Crippen molar-refractivity contribution in [3.8, 4) is 5.75 Å². The highest BCUT2D eigenvalue weighted by atomic mass is 32.1. The molecule has 0 spiro atoms. The van der Waals surface area contributed by atoms with E-state index in [1.807, 2.05) is 13.0 Å². The van der Waals surface area contributed by atoms with Crippen molar-refractivity contribution >= 4 is 17.2 Å². The van der Waals surface area contributed by atoms with Gasteiger partial charge in [0.05, 0.1) is 7.11 Å². The van der Waals surface area contributed by atoms with Gasteiger partial charge in [-0.25, -0.2) is 0 Å². The maximum Gasteiger partial charge on any atom is 0.265 e. The maximum atomic E-state index is 12.3. The van der Waals surface area contributed by atoms with E-state index in [9.17, 15) is 4.79 Å². The fraction of sp³-hybridized carbons (Fsp3) is 0.643. The Morgan fingerprint density at radius 3 is 3.11 bits per heavy atom. The molecule has 2 heterocycles. The molecule has 1 aliphatic rings. The van der Waals surface area contributed by atoms with Crippen LogP contribution in [0.5, 0.6) is 5.75 Å². The Morgan fingerprint density at radius 1 is 1.63 bits per heavy atom. The van der Waals surface area contributed by atoms with Gasteiger partial charge in [-0.3, -0.25) is 4.79 Å². The Labute approximate surface area is 118 Å². The molecule has 106 valence electrons. The number of amides is 1. The van der Waals surface area contributed by atoms with Crippen molar-refractivity contribution in [2.75, 3.05) is 26.7 Å². The van der Waals surface area contributed by atoms with Gasteiger partial charge in [0.15, 0.2) is 0 Å². The Hall–Kier alpha value is -1.07. The number of thiophene rings is 1. The zero-order valence-corrected chi connectivity index (χ0v) is 12.7. The SMILES string of the molecule is CCN1CCCC(NC(=O)c2sc(C)cc2OC)C1. The van der Waals surface area contributed by atoms with Crippen LogP contribution in [-0.2, 0) is 0 Å². The minimum Gasteiger partial charge on any atom is -0.495 e. The van der Waals surface area contributed by atoms with E-state index in [-0.39, 0.29) is 11.9 Å². The van der Waals surface area contributed by atoms with E-state index in [2.05, 4.69) is 17.1 Å². The molecule has 1 saturated heterocycles. The van der Waals surface area contributed by atoms with Crippen molar-refractivity contribution in [1.82, 2.24) is 10.2 Å². The van der Waals surface area contributed by atoms with Crippen LogP contribution in [0.25, 0.3) is 0 Å². The molecule has 1 atom stereocenters. The van der Waals surface area contributed by atoms with Crippen LogP contribution in [0, 0.1) is 6.92 Å². The van der Waals surface area contributed by atoms with E-state index in [0.717, 1.165) is 37.4 Å². The second-order valence-electron chi connectivity index (χ2n) is 4.96. The topological polar surface area (TPSA) is 41.6 Å². The number of methoxy groups -OCH3 is 1. The van der Waals surface area contributed by atoms with Gasteiger partial charge in [0, 0.05) is 17.5 Å². The highest BCUT2D eigenvalue weighted by Gasteiger charge is 2.23. The van der Waals surface area contributed by atoms with Crippen molar-refractivity contribution < 1.29 is 9.53 Å². The first-order valence-electron chi connectivity index (χ1n) is 6.81. The molecule has 2 rings (SSSR count). The van der Waals surface area contributed by atoms with Gasteiger partial charge < -0.3 is 15.0 Å². The normalized spacial score (nSPS) is 20.3. The molecule has 4 nitrogen and oxygen atoms in total. The van der Waals surface area contributed by atoms with Gasteiger partial charge >= 0.3 is 0 Å². The van der Waals surface area contributed by atoms with E-state index in [1.54, 1.807) is 7.11 Å². The van der Waals surface area contributed by atoms with Crippen molar-refractivity contribution in [2.24, 2.45) is 0 Å². The number of rotatable bonds is 4. The molecule has 1 amide bonds. The van der Waals surface area contributed by atoms with Crippen LogP contribution in [0.1, 0.15) is 34.3 Å². The number of ether oxygens (including phenoxy) is 1. The molecule has 0 aromatic carbocycles. The van der Waals surface area contributed by atoms with E-state index in [4.69, 9.17) is 4.74 Å². The van der Waals surface area contributed by atoms with Crippen molar-refractivity contribution in [3.63, 3.8) is 0 Å². The van der Waals surface area contributed by atoms with E-state index in [1.165, 1.54) is 11.3 Å². The van der Waals surface area contributed by atoms with Gasteiger partial charge in [-0.2, -0.15) is 0 Å². The van der Waals surface area contributed by atoms with Crippen LogP contribution in [-0.4, -0.2) is 43.6 Å². The monoisotopic (exact) mass is 282 g/mol. The molecule has 0 saturated carbocycles. The summed E-state index contributed by atoms with van der Waals surface area (Å²) >= 11 is 1.49. The summed E-state index contributed by atoms with van der Waals surface area (Å²) in [7, 11) is 1.61. The highest BCUT2D eigenvalue weighted by Crippen LogP contribution is 2.28. The Bertz CT molecular complexity index is 445. The summed E-state index contributed by atoms with van der Waals surface area (Å²) in [6, 6.07) is 2.17. The fourth-order valence-electron chi connectivity index (χ4n) is 2.51. The largest absolute Gasteiger partial charge is 0.495 e. The first-order chi connectivity index (χ1) is 9.13. The summed E-state index contributed by atoms with van der Waals surface area (Å²) in [4.78, 5) is 16.5. The number of aryl methyl sites for hydroxylation is 1. The number of likely N-dealkylation sites (tertiary alicyclic amines) is 1. The first-order valence-corrected chi connectivity index (χ1v) is 7.63. The van der Waals surface area contributed by atoms with Gasteiger partial charge in [-0.1, -0.05) is 6.92 Å². The van der Waals surface area contributed by atoms with Gasteiger partial charge in [0.1, 0.15) is 10.6 Å². The van der Waals surface area contributed by atoms with Crippen LogP contribution >= 0.6 is 11.3 Å². The summed E-state index contributed by atoms with van der Waals surface area (Å²) in [5.74, 6) is 0.682. The first kappa shape index (κ1) is 14.3. The number of hydrogen-bond acceptors (Lipinski definition) is 4. The third kappa shape index (κ3) is 3.48. The highest BCUT2D eigenvalue weighted by molar-refractivity contribution is 7.14. The number of carbonyl (C=O) groups is 1. The second-order valence-corrected chi connectivity index (χ2v) is 6.22. The van der Waals surface area contributed by atoms with E-state index >= 15 is 0 Å². The third-order valence-electron chi connectivity index (χ3n) is 3.54. The van der Waals surface area contributed by atoms with Gasteiger partial charge in [0.25, 0.3) is 5.91 Å². The number of nitrogens with one attached hydrogen (secondary N) is 1. The number of piperidine rings is 1. The summed E-state index contributed by atoms with van der Waals surface area (Å²) in [6.45, 7) is 7.30. The number of likely N-dealkylation sites (N-methyl/N-ethyl adjacent to an activating group) is 1. The van der Waals surface area contributed by atoms with Gasteiger partial charge in [-0.05, 0) is 38.9 Å².